The van der Waals surface area contributed by atoms with E-state index in [1.807, 2.05) is 19.3 Å². The van der Waals surface area contributed by atoms with E-state index in [9.17, 15) is 4.79 Å². The number of hydrogen-bond acceptors (Lipinski definition) is 5. The first-order valence-electron chi connectivity index (χ1n) is 6.60. The summed E-state index contributed by atoms with van der Waals surface area (Å²) in [6.07, 6.45) is 6.36. The van der Waals surface area contributed by atoms with Gasteiger partial charge in [0.25, 0.3) is 0 Å². The van der Waals surface area contributed by atoms with Gasteiger partial charge in [0.05, 0.1) is 5.92 Å². The fourth-order valence-electron chi connectivity index (χ4n) is 2.44. The number of nitrogens with zero attached hydrogens (tertiary/aromatic N) is 4. The summed E-state index contributed by atoms with van der Waals surface area (Å²) in [5.74, 6) is 0.876. The standard InChI is InChI=1S/C13H16N4O2/c1-17-8-7-10(15-17)12-14-13(19-16-12)9-5-3-2-4-6-11(9)18/h7-9H,2-6H2,1H3. The van der Waals surface area contributed by atoms with E-state index in [0.29, 0.717) is 23.8 Å². The molecule has 2 aromatic heterocycles. The van der Waals surface area contributed by atoms with Crippen molar-refractivity contribution in [2.24, 2.45) is 7.05 Å². The Morgan fingerprint density at radius 1 is 1.37 bits per heavy atom. The van der Waals surface area contributed by atoms with Gasteiger partial charge in [-0.15, -0.1) is 0 Å². The van der Waals surface area contributed by atoms with Crippen LogP contribution in [0.15, 0.2) is 16.8 Å². The van der Waals surface area contributed by atoms with Crippen LogP contribution in [0.25, 0.3) is 11.5 Å². The van der Waals surface area contributed by atoms with Crippen molar-refractivity contribution in [2.45, 2.75) is 38.0 Å². The van der Waals surface area contributed by atoms with E-state index in [2.05, 4.69) is 15.2 Å². The Kier molecular flexibility index (Phi) is 3.15. The van der Waals surface area contributed by atoms with Gasteiger partial charge in [-0.2, -0.15) is 10.1 Å². The van der Waals surface area contributed by atoms with Crippen LogP contribution < -0.4 is 0 Å². The van der Waals surface area contributed by atoms with Gasteiger partial charge in [0.2, 0.25) is 11.7 Å². The Labute approximate surface area is 110 Å². The maximum Gasteiger partial charge on any atom is 0.237 e. The van der Waals surface area contributed by atoms with E-state index in [1.54, 1.807) is 4.68 Å². The zero-order valence-corrected chi connectivity index (χ0v) is 10.9. The maximum atomic E-state index is 12.0. The van der Waals surface area contributed by atoms with Gasteiger partial charge in [-0.1, -0.05) is 18.0 Å². The lowest BCUT2D eigenvalue weighted by Crippen LogP contribution is -2.10. The highest BCUT2D eigenvalue weighted by molar-refractivity contribution is 5.84. The van der Waals surface area contributed by atoms with E-state index < -0.39 is 0 Å². The number of rotatable bonds is 2. The van der Waals surface area contributed by atoms with Crippen LogP contribution >= 0.6 is 0 Å². The molecule has 1 unspecified atom stereocenters. The van der Waals surface area contributed by atoms with Crippen LogP contribution in [0.3, 0.4) is 0 Å². The number of aryl methyl sites for hydroxylation is 1. The van der Waals surface area contributed by atoms with Crippen LogP contribution in [0, 0.1) is 0 Å². The molecule has 0 N–H and O–H groups in total. The molecule has 1 aliphatic rings. The smallest absolute Gasteiger partial charge is 0.237 e. The lowest BCUT2D eigenvalue weighted by Gasteiger charge is -2.05. The maximum absolute atomic E-state index is 12.0. The van der Waals surface area contributed by atoms with Gasteiger partial charge in [-0.25, -0.2) is 0 Å². The van der Waals surface area contributed by atoms with E-state index in [-0.39, 0.29) is 11.7 Å². The van der Waals surface area contributed by atoms with Gasteiger partial charge in [0.15, 0.2) is 0 Å². The molecular formula is C13H16N4O2. The van der Waals surface area contributed by atoms with Crippen molar-refractivity contribution < 1.29 is 9.32 Å². The highest BCUT2D eigenvalue weighted by Crippen LogP contribution is 2.29. The average Bonchev–Trinajstić information content (AvgIpc) is 2.97. The average molecular weight is 260 g/mol. The monoisotopic (exact) mass is 260 g/mol. The Balaban J connectivity index is 1.86. The third kappa shape index (κ3) is 2.43. The van der Waals surface area contributed by atoms with Gasteiger partial charge >= 0.3 is 0 Å². The molecule has 0 radical (unpaired) electrons. The molecule has 0 aromatic carbocycles. The van der Waals surface area contributed by atoms with Crippen molar-refractivity contribution in [3.05, 3.63) is 18.2 Å². The predicted molar refractivity (Wildman–Crippen MR) is 67.3 cm³/mol. The summed E-state index contributed by atoms with van der Waals surface area (Å²) in [6, 6.07) is 1.82. The summed E-state index contributed by atoms with van der Waals surface area (Å²) >= 11 is 0. The molecular weight excluding hydrogens is 244 g/mol. The molecule has 1 saturated carbocycles. The Bertz CT molecular complexity index is 587. The van der Waals surface area contributed by atoms with Gasteiger partial charge in [0, 0.05) is 19.7 Å². The van der Waals surface area contributed by atoms with Crippen LogP contribution in [0.4, 0.5) is 0 Å². The van der Waals surface area contributed by atoms with Crippen molar-refractivity contribution in [1.82, 2.24) is 19.9 Å². The Hall–Kier alpha value is -1.98. The minimum absolute atomic E-state index is 0.216. The number of ketones is 1. The highest BCUT2D eigenvalue weighted by Gasteiger charge is 2.28. The summed E-state index contributed by atoms with van der Waals surface area (Å²) in [4.78, 5) is 16.4. The lowest BCUT2D eigenvalue weighted by molar-refractivity contribution is -0.120. The van der Waals surface area contributed by atoms with Crippen molar-refractivity contribution in [1.29, 1.82) is 0 Å². The molecule has 0 saturated heterocycles. The lowest BCUT2D eigenvalue weighted by atomic mass is 9.99. The van der Waals surface area contributed by atoms with Gasteiger partial charge in [0.1, 0.15) is 11.5 Å². The second-order valence-electron chi connectivity index (χ2n) is 4.95. The molecule has 1 atom stereocenters. The summed E-state index contributed by atoms with van der Waals surface area (Å²) in [6.45, 7) is 0. The number of aromatic nitrogens is 4. The van der Waals surface area contributed by atoms with E-state index in [0.717, 1.165) is 25.7 Å². The highest BCUT2D eigenvalue weighted by atomic mass is 16.5. The molecule has 3 rings (SSSR count). The van der Waals surface area contributed by atoms with Crippen LogP contribution in [0.2, 0.25) is 0 Å². The number of hydrogen-bond donors (Lipinski definition) is 0. The summed E-state index contributed by atoms with van der Waals surface area (Å²) in [5.41, 5.74) is 0.665. The zero-order valence-electron chi connectivity index (χ0n) is 10.9. The van der Waals surface area contributed by atoms with E-state index >= 15 is 0 Å². The Morgan fingerprint density at radius 3 is 3.05 bits per heavy atom. The molecule has 2 aromatic rings. The van der Waals surface area contributed by atoms with Gasteiger partial charge in [-0.05, 0) is 18.9 Å². The third-order valence-electron chi connectivity index (χ3n) is 3.49. The first kappa shape index (κ1) is 12.1. The minimum Gasteiger partial charge on any atom is -0.338 e. The first-order chi connectivity index (χ1) is 9.24. The van der Waals surface area contributed by atoms with Gasteiger partial charge in [-0.3, -0.25) is 9.48 Å². The second-order valence-corrected chi connectivity index (χ2v) is 4.95. The van der Waals surface area contributed by atoms with E-state index in [4.69, 9.17) is 4.52 Å². The minimum atomic E-state index is -0.229. The molecule has 1 fully saturated rings. The summed E-state index contributed by atoms with van der Waals surface area (Å²) in [7, 11) is 1.83. The summed E-state index contributed by atoms with van der Waals surface area (Å²) < 4.78 is 6.95. The molecule has 19 heavy (non-hydrogen) atoms. The molecule has 0 bridgehead atoms. The molecule has 2 heterocycles. The predicted octanol–water partition coefficient (Wildman–Crippen LogP) is 2.09. The Morgan fingerprint density at radius 2 is 2.26 bits per heavy atom. The largest absolute Gasteiger partial charge is 0.338 e. The zero-order chi connectivity index (χ0) is 13.2. The molecule has 0 aliphatic heterocycles. The number of carbonyl (C=O) groups excluding carboxylic acids is 1. The molecule has 6 heteroatoms. The first-order valence-corrected chi connectivity index (χ1v) is 6.60. The number of Topliss-reactive ketones (excluding diaryl/α,β-unsaturated/α-hetero) is 1. The molecule has 0 spiro atoms. The van der Waals surface area contributed by atoms with E-state index in [1.165, 1.54) is 0 Å². The van der Waals surface area contributed by atoms with Crippen LogP contribution in [-0.2, 0) is 11.8 Å². The second kappa shape index (κ2) is 4.95. The topological polar surface area (TPSA) is 73.8 Å². The van der Waals surface area contributed by atoms with Crippen LogP contribution in [0.5, 0.6) is 0 Å². The SMILES string of the molecule is Cn1ccc(-c2noc(C3CCCCCC3=O)n2)n1. The fourth-order valence-corrected chi connectivity index (χ4v) is 2.44. The molecule has 0 amide bonds. The fraction of sp³-hybridized carbons (Fsp3) is 0.538. The van der Waals surface area contributed by atoms with Crippen LogP contribution in [0.1, 0.15) is 43.9 Å². The normalized spacial score (nSPS) is 20.5. The quantitative estimate of drug-likeness (QED) is 0.773. The third-order valence-corrected chi connectivity index (χ3v) is 3.49. The molecule has 100 valence electrons. The van der Waals surface area contributed by atoms with Crippen molar-refractivity contribution in [3.63, 3.8) is 0 Å². The number of carbonyl (C=O) groups is 1. The summed E-state index contributed by atoms with van der Waals surface area (Å²) in [5, 5.41) is 8.15. The van der Waals surface area contributed by atoms with Crippen LogP contribution in [-0.4, -0.2) is 25.7 Å². The molecule has 1 aliphatic carbocycles. The van der Waals surface area contributed by atoms with Crippen molar-refractivity contribution in [2.75, 3.05) is 0 Å². The van der Waals surface area contributed by atoms with Crippen molar-refractivity contribution >= 4 is 5.78 Å². The molecule has 6 nitrogen and oxygen atoms in total. The van der Waals surface area contributed by atoms with Gasteiger partial charge < -0.3 is 4.52 Å². The van der Waals surface area contributed by atoms with Crippen molar-refractivity contribution in [3.8, 4) is 11.5 Å².